The number of halogens is 1. The van der Waals surface area contributed by atoms with E-state index in [0.29, 0.717) is 17.5 Å². The lowest BCUT2D eigenvalue weighted by Gasteiger charge is -2.17. The number of anilines is 1. The Bertz CT molecular complexity index is 802. The molecule has 1 aromatic heterocycles. The zero-order chi connectivity index (χ0) is 16.9. The molecule has 0 fully saturated rings. The van der Waals surface area contributed by atoms with Crippen molar-refractivity contribution >= 4 is 17.3 Å². The smallest absolute Gasteiger partial charge is 0.213 e. The number of oxazole rings is 1. The van der Waals surface area contributed by atoms with E-state index >= 15 is 0 Å². The van der Waals surface area contributed by atoms with Gasteiger partial charge in [-0.3, -0.25) is 0 Å². The average molecular weight is 343 g/mol. The van der Waals surface area contributed by atoms with Gasteiger partial charge in [-0.15, -0.1) is 0 Å². The molecule has 0 saturated heterocycles. The number of rotatable bonds is 6. The summed E-state index contributed by atoms with van der Waals surface area (Å²) in [5, 5.41) is 14.5. The van der Waals surface area contributed by atoms with Crippen LogP contribution in [0.4, 0.5) is 5.69 Å². The second-order valence-electron chi connectivity index (χ2n) is 5.47. The van der Waals surface area contributed by atoms with Gasteiger partial charge in [0.05, 0.1) is 12.7 Å². The van der Waals surface area contributed by atoms with Gasteiger partial charge in [0.2, 0.25) is 5.89 Å². The first-order valence-electron chi connectivity index (χ1n) is 7.87. The van der Waals surface area contributed by atoms with Crippen molar-refractivity contribution in [2.75, 3.05) is 5.32 Å². The summed E-state index contributed by atoms with van der Waals surface area (Å²) in [5.41, 5.74) is 2.33. The molecule has 3 rings (SSSR count). The van der Waals surface area contributed by atoms with Gasteiger partial charge in [-0.25, -0.2) is 4.98 Å². The van der Waals surface area contributed by atoms with Crippen LogP contribution in [0.3, 0.4) is 0 Å². The second kappa shape index (κ2) is 7.51. The highest BCUT2D eigenvalue weighted by atomic mass is 35.5. The molecule has 24 heavy (non-hydrogen) atoms. The van der Waals surface area contributed by atoms with E-state index in [4.69, 9.17) is 16.0 Å². The molecule has 2 aromatic carbocycles. The van der Waals surface area contributed by atoms with Crippen LogP contribution in [-0.4, -0.2) is 10.1 Å². The van der Waals surface area contributed by atoms with E-state index in [1.165, 1.54) is 0 Å². The van der Waals surface area contributed by atoms with Crippen molar-refractivity contribution in [3.63, 3.8) is 0 Å². The topological polar surface area (TPSA) is 58.3 Å². The molecule has 4 nitrogen and oxygen atoms in total. The normalized spacial score (nSPS) is 12.1. The molecular weight excluding hydrogens is 324 g/mol. The minimum absolute atomic E-state index is 0.441. The van der Waals surface area contributed by atoms with Crippen LogP contribution in [-0.2, 0) is 13.0 Å². The number of hydrogen-bond acceptors (Lipinski definition) is 4. The Labute approximate surface area is 146 Å². The van der Waals surface area contributed by atoms with Crippen molar-refractivity contribution in [3.8, 4) is 0 Å². The van der Waals surface area contributed by atoms with Crippen LogP contribution >= 0.6 is 11.6 Å². The highest BCUT2D eigenvalue weighted by Crippen LogP contribution is 2.31. The Hall–Kier alpha value is -2.30. The van der Waals surface area contributed by atoms with Crippen LogP contribution < -0.4 is 5.32 Å². The van der Waals surface area contributed by atoms with Crippen LogP contribution in [0.5, 0.6) is 0 Å². The first-order chi connectivity index (χ1) is 11.7. The molecule has 124 valence electrons. The number of aliphatic hydroxyl groups excluding tert-OH is 1. The summed E-state index contributed by atoms with van der Waals surface area (Å²) in [6, 6.07) is 14.9. The lowest BCUT2D eigenvalue weighted by atomic mass is 10.00. The number of aromatic nitrogens is 1. The summed E-state index contributed by atoms with van der Waals surface area (Å²) >= 11 is 6.12. The maximum Gasteiger partial charge on any atom is 0.213 e. The van der Waals surface area contributed by atoms with Crippen LogP contribution in [0.2, 0.25) is 5.02 Å². The zero-order valence-corrected chi connectivity index (χ0v) is 14.1. The fraction of sp³-hybridized carbons (Fsp3) is 0.211. The number of hydrogen-bond donors (Lipinski definition) is 2. The average Bonchev–Trinajstić information content (AvgIpc) is 3.09. The van der Waals surface area contributed by atoms with Crippen LogP contribution in [0.1, 0.15) is 35.8 Å². The van der Waals surface area contributed by atoms with E-state index in [9.17, 15) is 5.11 Å². The molecule has 0 spiro atoms. The van der Waals surface area contributed by atoms with Crippen molar-refractivity contribution in [3.05, 3.63) is 82.5 Å². The van der Waals surface area contributed by atoms with E-state index < -0.39 is 6.10 Å². The molecule has 0 aliphatic rings. The zero-order valence-electron chi connectivity index (χ0n) is 13.4. The van der Waals surface area contributed by atoms with E-state index in [1.807, 2.05) is 43.3 Å². The largest absolute Gasteiger partial charge is 0.444 e. The quantitative estimate of drug-likeness (QED) is 0.688. The van der Waals surface area contributed by atoms with E-state index in [1.54, 1.807) is 18.3 Å². The highest BCUT2D eigenvalue weighted by Gasteiger charge is 2.15. The molecule has 1 atom stereocenters. The van der Waals surface area contributed by atoms with Crippen molar-refractivity contribution in [2.24, 2.45) is 0 Å². The lowest BCUT2D eigenvalue weighted by Crippen LogP contribution is -2.07. The van der Waals surface area contributed by atoms with E-state index in [0.717, 1.165) is 29.0 Å². The van der Waals surface area contributed by atoms with Crippen molar-refractivity contribution in [1.29, 1.82) is 0 Å². The monoisotopic (exact) mass is 342 g/mol. The van der Waals surface area contributed by atoms with Gasteiger partial charge >= 0.3 is 0 Å². The Morgan fingerprint density at radius 1 is 1.21 bits per heavy atom. The van der Waals surface area contributed by atoms with Crippen molar-refractivity contribution in [1.82, 2.24) is 4.98 Å². The standard InChI is InChI=1S/C19H19ClN2O2/c1-2-15-11-22-18(24-15)12-21-17-9-8-14(20)10-16(17)19(23)13-6-4-3-5-7-13/h3-11,19,21,23H,2,12H2,1H3/t19-/m1/s1. The van der Waals surface area contributed by atoms with Gasteiger partial charge in [0.25, 0.3) is 0 Å². The molecular formula is C19H19ClN2O2. The number of aliphatic hydroxyl groups is 1. The molecule has 0 radical (unpaired) electrons. The maximum absolute atomic E-state index is 10.7. The SMILES string of the molecule is CCc1cnc(CNc2ccc(Cl)cc2[C@H](O)c2ccccc2)o1. The fourth-order valence-electron chi connectivity index (χ4n) is 2.50. The van der Waals surface area contributed by atoms with E-state index in [-0.39, 0.29) is 0 Å². The number of benzene rings is 2. The molecule has 0 aliphatic carbocycles. The van der Waals surface area contributed by atoms with Crippen molar-refractivity contribution < 1.29 is 9.52 Å². The molecule has 0 amide bonds. The molecule has 0 aliphatic heterocycles. The molecule has 0 bridgehead atoms. The molecule has 2 N–H and O–H groups in total. The summed E-state index contributed by atoms with van der Waals surface area (Å²) in [4.78, 5) is 4.23. The molecule has 0 saturated carbocycles. The van der Waals surface area contributed by atoms with Gasteiger partial charge in [-0.2, -0.15) is 0 Å². The fourth-order valence-corrected chi connectivity index (χ4v) is 2.68. The number of nitrogens with zero attached hydrogens (tertiary/aromatic N) is 1. The summed E-state index contributed by atoms with van der Waals surface area (Å²) < 4.78 is 5.60. The Balaban J connectivity index is 1.82. The van der Waals surface area contributed by atoms with Gasteiger partial charge in [0.1, 0.15) is 11.9 Å². The van der Waals surface area contributed by atoms with Crippen LogP contribution in [0, 0.1) is 0 Å². The third-order valence-electron chi connectivity index (χ3n) is 3.80. The molecule has 0 unspecified atom stereocenters. The third kappa shape index (κ3) is 3.78. The molecule has 3 aromatic rings. The predicted molar refractivity (Wildman–Crippen MR) is 95.2 cm³/mol. The highest BCUT2D eigenvalue weighted by molar-refractivity contribution is 6.30. The number of aryl methyl sites for hydroxylation is 1. The van der Waals surface area contributed by atoms with Crippen LogP contribution in [0.15, 0.2) is 59.1 Å². The predicted octanol–water partition coefficient (Wildman–Crippen LogP) is 4.58. The van der Waals surface area contributed by atoms with Gasteiger partial charge < -0.3 is 14.8 Å². The summed E-state index contributed by atoms with van der Waals surface area (Å²) in [7, 11) is 0. The van der Waals surface area contributed by atoms with Crippen molar-refractivity contribution in [2.45, 2.75) is 26.0 Å². The minimum Gasteiger partial charge on any atom is -0.444 e. The second-order valence-corrected chi connectivity index (χ2v) is 5.91. The number of nitrogens with one attached hydrogen (secondary N) is 1. The van der Waals surface area contributed by atoms with E-state index in [2.05, 4.69) is 10.3 Å². The molecule has 1 heterocycles. The maximum atomic E-state index is 10.7. The Morgan fingerprint density at radius 3 is 2.71 bits per heavy atom. The van der Waals surface area contributed by atoms with Gasteiger partial charge in [0, 0.05) is 22.7 Å². The first kappa shape index (κ1) is 16.6. The lowest BCUT2D eigenvalue weighted by molar-refractivity contribution is 0.221. The van der Waals surface area contributed by atoms with Gasteiger partial charge in [-0.05, 0) is 23.8 Å². The van der Waals surface area contributed by atoms with Gasteiger partial charge in [0.15, 0.2) is 0 Å². The summed E-state index contributed by atoms with van der Waals surface area (Å²) in [6.07, 6.45) is 1.79. The van der Waals surface area contributed by atoms with Gasteiger partial charge in [-0.1, -0.05) is 48.9 Å². The summed E-state index contributed by atoms with van der Waals surface area (Å²) in [5.74, 6) is 1.47. The first-order valence-corrected chi connectivity index (χ1v) is 8.25. The third-order valence-corrected chi connectivity index (χ3v) is 4.04. The minimum atomic E-state index is -0.761. The Kier molecular flexibility index (Phi) is 5.18. The summed E-state index contributed by atoms with van der Waals surface area (Å²) in [6.45, 7) is 2.46. The van der Waals surface area contributed by atoms with Crippen LogP contribution in [0.25, 0.3) is 0 Å². The molecule has 5 heteroatoms. The Morgan fingerprint density at radius 2 is 2.00 bits per heavy atom.